The SMILES string of the molecule is COc1cc(C=C(CO)B2OC(C)(C)C(C)(C)O2)c(OC)cc1C=O. The van der Waals surface area contributed by atoms with E-state index in [9.17, 15) is 9.90 Å². The maximum atomic E-state index is 11.2. The van der Waals surface area contributed by atoms with Crippen LogP contribution < -0.4 is 9.47 Å². The summed E-state index contributed by atoms with van der Waals surface area (Å²) in [6.07, 6.45) is 2.44. The van der Waals surface area contributed by atoms with Crippen molar-refractivity contribution < 1.29 is 28.7 Å². The van der Waals surface area contributed by atoms with Gasteiger partial charge < -0.3 is 23.9 Å². The smallest absolute Gasteiger partial charge is 0.492 e. The number of rotatable bonds is 6. The van der Waals surface area contributed by atoms with Crippen LogP contribution in [0.4, 0.5) is 0 Å². The number of aliphatic hydroxyl groups is 1. The number of hydrogen-bond acceptors (Lipinski definition) is 6. The lowest BCUT2D eigenvalue weighted by Gasteiger charge is -2.32. The largest absolute Gasteiger partial charge is 0.496 e. The standard InChI is InChI=1S/C18H25BO6/c1-17(2)18(3,4)25-19(24-17)14(11-21)7-12-8-16(23-6)13(10-20)9-15(12)22-5/h7-10,21H,11H2,1-6H3. The second-order valence-electron chi connectivity index (χ2n) is 6.92. The quantitative estimate of drug-likeness (QED) is 0.629. The normalized spacial score (nSPS) is 19.0. The molecule has 7 heteroatoms. The lowest BCUT2D eigenvalue weighted by molar-refractivity contribution is 0.00578. The zero-order valence-electron chi connectivity index (χ0n) is 15.6. The van der Waals surface area contributed by atoms with Crippen LogP contribution in [0.2, 0.25) is 0 Å². The van der Waals surface area contributed by atoms with Crippen molar-refractivity contribution in [1.29, 1.82) is 0 Å². The molecule has 0 saturated carbocycles. The average Bonchev–Trinajstić information content (AvgIpc) is 2.79. The van der Waals surface area contributed by atoms with Gasteiger partial charge in [-0.3, -0.25) is 4.79 Å². The first kappa shape index (κ1) is 19.5. The lowest BCUT2D eigenvalue weighted by Crippen LogP contribution is -2.41. The third-order valence-corrected chi connectivity index (χ3v) is 4.79. The highest BCUT2D eigenvalue weighted by molar-refractivity contribution is 6.55. The van der Waals surface area contributed by atoms with E-state index in [1.165, 1.54) is 14.2 Å². The number of aldehydes is 1. The predicted molar refractivity (Wildman–Crippen MR) is 96.1 cm³/mol. The predicted octanol–water partition coefficient (Wildman–Crippen LogP) is 2.52. The van der Waals surface area contributed by atoms with Gasteiger partial charge in [0.2, 0.25) is 0 Å². The van der Waals surface area contributed by atoms with E-state index in [0.29, 0.717) is 34.4 Å². The Morgan fingerprint density at radius 1 is 1.08 bits per heavy atom. The fourth-order valence-electron chi connectivity index (χ4n) is 2.53. The molecular formula is C18H25BO6. The van der Waals surface area contributed by atoms with Crippen LogP contribution >= 0.6 is 0 Å². The Balaban J connectivity index is 2.45. The van der Waals surface area contributed by atoms with E-state index < -0.39 is 18.3 Å². The Morgan fingerprint density at radius 3 is 2.00 bits per heavy atom. The van der Waals surface area contributed by atoms with Gasteiger partial charge in [-0.15, -0.1) is 0 Å². The third kappa shape index (κ3) is 3.73. The molecule has 136 valence electrons. The summed E-state index contributed by atoms with van der Waals surface area (Å²) in [7, 11) is 2.33. The molecule has 1 N–H and O–H groups in total. The van der Waals surface area contributed by atoms with Crippen molar-refractivity contribution in [2.75, 3.05) is 20.8 Å². The second-order valence-corrected chi connectivity index (χ2v) is 6.92. The Labute approximate surface area is 148 Å². The van der Waals surface area contributed by atoms with Gasteiger partial charge in [-0.25, -0.2) is 0 Å². The van der Waals surface area contributed by atoms with Crippen LogP contribution in [-0.2, 0) is 9.31 Å². The van der Waals surface area contributed by atoms with Gasteiger partial charge in [0.1, 0.15) is 11.5 Å². The van der Waals surface area contributed by atoms with Gasteiger partial charge in [-0.1, -0.05) is 6.08 Å². The number of carbonyl (C=O) groups is 1. The molecule has 1 aliphatic rings. The Kier molecular flexibility index (Phi) is 5.61. The molecular weight excluding hydrogens is 323 g/mol. The Morgan fingerprint density at radius 2 is 1.56 bits per heavy atom. The molecule has 0 unspecified atom stereocenters. The average molecular weight is 348 g/mol. The zero-order valence-corrected chi connectivity index (χ0v) is 15.6. The molecule has 0 radical (unpaired) electrons. The monoisotopic (exact) mass is 348 g/mol. The number of carbonyl (C=O) groups excluding carboxylic acids is 1. The van der Waals surface area contributed by atoms with E-state index in [4.69, 9.17) is 18.8 Å². The second kappa shape index (κ2) is 7.19. The molecule has 0 aromatic heterocycles. The van der Waals surface area contributed by atoms with E-state index in [1.54, 1.807) is 18.2 Å². The van der Waals surface area contributed by atoms with Crippen molar-refractivity contribution in [1.82, 2.24) is 0 Å². The van der Waals surface area contributed by atoms with Gasteiger partial charge in [-0.2, -0.15) is 0 Å². The maximum Gasteiger partial charge on any atom is 0.492 e. The van der Waals surface area contributed by atoms with Gasteiger partial charge in [0.15, 0.2) is 6.29 Å². The molecule has 1 aromatic carbocycles. The maximum absolute atomic E-state index is 11.2. The molecule has 25 heavy (non-hydrogen) atoms. The minimum absolute atomic E-state index is 0.238. The molecule has 1 aliphatic heterocycles. The minimum atomic E-state index is -0.670. The first-order chi connectivity index (χ1) is 11.7. The van der Waals surface area contributed by atoms with Crippen LogP contribution in [0.25, 0.3) is 6.08 Å². The highest BCUT2D eigenvalue weighted by Gasteiger charge is 2.52. The number of hydrogen-bond donors (Lipinski definition) is 1. The van der Waals surface area contributed by atoms with E-state index in [0.717, 1.165) is 0 Å². The molecule has 1 heterocycles. The van der Waals surface area contributed by atoms with E-state index in [-0.39, 0.29) is 6.61 Å². The number of methoxy groups -OCH3 is 2. The lowest BCUT2D eigenvalue weighted by atomic mass is 9.77. The minimum Gasteiger partial charge on any atom is -0.496 e. The van der Waals surface area contributed by atoms with Crippen molar-refractivity contribution in [2.24, 2.45) is 0 Å². The number of aliphatic hydroxyl groups excluding tert-OH is 1. The zero-order chi connectivity index (χ0) is 18.8. The van der Waals surface area contributed by atoms with Gasteiger partial charge in [0.05, 0.1) is 37.6 Å². The van der Waals surface area contributed by atoms with Crippen LogP contribution in [0.15, 0.2) is 17.6 Å². The summed E-state index contributed by atoms with van der Waals surface area (Å²) >= 11 is 0. The molecule has 1 aromatic rings. The molecule has 2 rings (SSSR count). The molecule has 0 amide bonds. The van der Waals surface area contributed by atoms with Crippen LogP contribution in [0, 0.1) is 0 Å². The molecule has 6 nitrogen and oxygen atoms in total. The highest BCUT2D eigenvalue weighted by Crippen LogP contribution is 2.39. The summed E-state index contributed by atoms with van der Waals surface area (Å²) in [6.45, 7) is 7.56. The van der Waals surface area contributed by atoms with Crippen molar-refractivity contribution in [2.45, 2.75) is 38.9 Å². The number of ether oxygens (including phenoxy) is 2. The molecule has 1 fully saturated rings. The molecule has 0 aliphatic carbocycles. The van der Waals surface area contributed by atoms with Crippen molar-refractivity contribution in [3.05, 3.63) is 28.7 Å². The fraction of sp³-hybridized carbons (Fsp3) is 0.500. The molecule has 1 saturated heterocycles. The topological polar surface area (TPSA) is 74.2 Å². The van der Waals surface area contributed by atoms with Crippen molar-refractivity contribution in [3.63, 3.8) is 0 Å². The summed E-state index contributed by atoms with van der Waals surface area (Å²) in [5, 5.41) is 9.82. The molecule has 0 bridgehead atoms. The van der Waals surface area contributed by atoms with Crippen molar-refractivity contribution >= 4 is 19.5 Å². The summed E-state index contributed by atoms with van der Waals surface area (Å²) < 4.78 is 22.6. The van der Waals surface area contributed by atoms with Gasteiger partial charge in [-0.05, 0) is 45.3 Å². The summed E-state index contributed by atoms with van der Waals surface area (Å²) in [5.41, 5.74) is 0.587. The summed E-state index contributed by atoms with van der Waals surface area (Å²) in [5.74, 6) is 0.915. The van der Waals surface area contributed by atoms with Gasteiger partial charge in [0, 0.05) is 5.56 Å². The van der Waals surface area contributed by atoms with Crippen LogP contribution in [0.5, 0.6) is 11.5 Å². The fourth-order valence-corrected chi connectivity index (χ4v) is 2.53. The van der Waals surface area contributed by atoms with Gasteiger partial charge in [0.25, 0.3) is 0 Å². The van der Waals surface area contributed by atoms with E-state index in [2.05, 4.69) is 0 Å². The first-order valence-electron chi connectivity index (χ1n) is 8.07. The summed E-state index contributed by atoms with van der Waals surface area (Å²) in [6, 6.07) is 3.28. The first-order valence-corrected chi connectivity index (χ1v) is 8.07. The van der Waals surface area contributed by atoms with E-state index >= 15 is 0 Å². The Bertz CT molecular complexity index is 664. The summed E-state index contributed by atoms with van der Waals surface area (Å²) in [4.78, 5) is 11.2. The number of benzene rings is 1. The highest BCUT2D eigenvalue weighted by atomic mass is 16.7. The molecule has 0 atom stereocenters. The van der Waals surface area contributed by atoms with Gasteiger partial charge >= 0.3 is 7.12 Å². The van der Waals surface area contributed by atoms with Crippen LogP contribution in [0.3, 0.4) is 0 Å². The van der Waals surface area contributed by atoms with Crippen LogP contribution in [-0.4, -0.2) is 50.5 Å². The Hall–Kier alpha value is -1.83. The third-order valence-electron chi connectivity index (χ3n) is 4.79. The van der Waals surface area contributed by atoms with E-state index in [1.807, 2.05) is 27.7 Å². The van der Waals surface area contributed by atoms with Crippen LogP contribution in [0.1, 0.15) is 43.6 Å². The van der Waals surface area contributed by atoms with Crippen molar-refractivity contribution in [3.8, 4) is 11.5 Å². The molecule has 0 spiro atoms.